The summed E-state index contributed by atoms with van der Waals surface area (Å²) in [6, 6.07) is 8.42. The molecule has 1 amide bonds. The maximum atomic E-state index is 12.3. The average molecular weight is 369 g/mol. The summed E-state index contributed by atoms with van der Waals surface area (Å²) < 4.78 is 46.4. The number of alkyl halides is 3. The van der Waals surface area contributed by atoms with E-state index in [0.29, 0.717) is 6.42 Å². The molecular formula is C18H18F3NO4. The number of esters is 1. The molecule has 1 aromatic rings. The number of halogens is 3. The van der Waals surface area contributed by atoms with Gasteiger partial charge >= 0.3 is 18.2 Å². The van der Waals surface area contributed by atoms with Crippen LogP contribution in [0.3, 0.4) is 0 Å². The Bertz CT molecular complexity index is 689. The standard InChI is InChI=1S/C18H18F3NO4/c19-18(20,21)10-26-16(23)14-12-6-7-13(8-12)15(14)22-17(24)25-9-11-4-2-1-3-5-11/h1-7,12-15H,8-10H2,(H,22,24)/t12-,13+,14-,15-/m0/s1. The van der Waals surface area contributed by atoms with Gasteiger partial charge in [0.1, 0.15) is 6.61 Å². The van der Waals surface area contributed by atoms with Crippen LogP contribution >= 0.6 is 0 Å². The monoisotopic (exact) mass is 369 g/mol. The van der Waals surface area contributed by atoms with Crippen molar-refractivity contribution in [2.45, 2.75) is 25.2 Å². The summed E-state index contributed by atoms with van der Waals surface area (Å²) in [7, 11) is 0. The van der Waals surface area contributed by atoms with Gasteiger partial charge < -0.3 is 14.8 Å². The topological polar surface area (TPSA) is 64.6 Å². The molecule has 0 heterocycles. The molecule has 4 atom stereocenters. The number of ether oxygens (including phenoxy) is 2. The zero-order valence-electron chi connectivity index (χ0n) is 13.7. The van der Waals surface area contributed by atoms with Gasteiger partial charge in [0, 0.05) is 0 Å². The largest absolute Gasteiger partial charge is 0.456 e. The van der Waals surface area contributed by atoms with Gasteiger partial charge in [-0.2, -0.15) is 13.2 Å². The Kier molecular flexibility index (Phi) is 5.20. The summed E-state index contributed by atoms with van der Waals surface area (Å²) in [5.41, 5.74) is 0.802. The van der Waals surface area contributed by atoms with Crippen LogP contribution < -0.4 is 5.32 Å². The van der Waals surface area contributed by atoms with E-state index < -0.39 is 36.8 Å². The fourth-order valence-corrected chi connectivity index (χ4v) is 3.49. The van der Waals surface area contributed by atoms with E-state index in [1.54, 1.807) is 18.2 Å². The predicted molar refractivity (Wildman–Crippen MR) is 84.8 cm³/mol. The average Bonchev–Trinajstić information content (AvgIpc) is 3.20. The summed E-state index contributed by atoms with van der Waals surface area (Å²) in [6.45, 7) is -1.57. The first-order chi connectivity index (χ1) is 12.3. The van der Waals surface area contributed by atoms with Crippen molar-refractivity contribution in [1.29, 1.82) is 0 Å². The first-order valence-corrected chi connectivity index (χ1v) is 8.22. The maximum absolute atomic E-state index is 12.3. The number of fused-ring (bicyclic) bond motifs is 2. The van der Waals surface area contributed by atoms with Gasteiger partial charge in [0.25, 0.3) is 0 Å². The number of allylic oxidation sites excluding steroid dienone is 1. The molecule has 140 valence electrons. The Morgan fingerprint density at radius 3 is 2.46 bits per heavy atom. The molecule has 2 bridgehead atoms. The molecular weight excluding hydrogens is 351 g/mol. The lowest BCUT2D eigenvalue weighted by Crippen LogP contribution is -2.46. The minimum Gasteiger partial charge on any atom is -0.456 e. The normalized spacial score (nSPS) is 26.6. The van der Waals surface area contributed by atoms with Crippen molar-refractivity contribution < 1.29 is 32.2 Å². The van der Waals surface area contributed by atoms with Gasteiger partial charge in [0.15, 0.2) is 6.61 Å². The van der Waals surface area contributed by atoms with Crippen molar-refractivity contribution in [3.63, 3.8) is 0 Å². The molecule has 0 spiro atoms. The highest BCUT2D eigenvalue weighted by molar-refractivity contribution is 5.77. The van der Waals surface area contributed by atoms with Gasteiger partial charge in [-0.1, -0.05) is 42.5 Å². The Hall–Kier alpha value is -2.51. The van der Waals surface area contributed by atoms with Crippen molar-refractivity contribution in [2.75, 3.05) is 6.61 Å². The quantitative estimate of drug-likeness (QED) is 0.639. The van der Waals surface area contributed by atoms with Crippen LogP contribution in [-0.2, 0) is 20.9 Å². The van der Waals surface area contributed by atoms with Crippen LogP contribution in [-0.4, -0.2) is 30.9 Å². The van der Waals surface area contributed by atoms with E-state index in [1.807, 2.05) is 24.3 Å². The van der Waals surface area contributed by atoms with Crippen LogP contribution in [0.2, 0.25) is 0 Å². The van der Waals surface area contributed by atoms with Crippen molar-refractivity contribution >= 4 is 12.1 Å². The molecule has 2 aliphatic rings. The fourth-order valence-electron chi connectivity index (χ4n) is 3.49. The number of benzene rings is 1. The molecule has 0 saturated heterocycles. The number of rotatable bonds is 5. The van der Waals surface area contributed by atoms with Crippen LogP contribution in [0.4, 0.5) is 18.0 Å². The molecule has 0 unspecified atom stereocenters. The number of hydrogen-bond acceptors (Lipinski definition) is 4. The summed E-state index contributed by atoms with van der Waals surface area (Å²) >= 11 is 0. The third-order valence-corrected chi connectivity index (χ3v) is 4.61. The van der Waals surface area contributed by atoms with Crippen LogP contribution in [0.15, 0.2) is 42.5 Å². The first kappa shape index (κ1) is 18.3. The highest BCUT2D eigenvalue weighted by Gasteiger charge is 2.50. The molecule has 1 fully saturated rings. The first-order valence-electron chi connectivity index (χ1n) is 8.22. The SMILES string of the molecule is O=C(N[C@@H]1[C@@H](C(=O)OCC(F)(F)F)[C@H]2C=C[C@@H]1C2)OCc1ccccc1. The second kappa shape index (κ2) is 7.39. The lowest BCUT2D eigenvalue weighted by atomic mass is 9.89. The number of alkyl carbamates (subject to hydrolysis) is 1. The number of carbonyl (C=O) groups is 2. The third-order valence-electron chi connectivity index (χ3n) is 4.61. The Balaban J connectivity index is 1.57. The van der Waals surface area contributed by atoms with E-state index in [9.17, 15) is 22.8 Å². The van der Waals surface area contributed by atoms with Gasteiger partial charge in [0.2, 0.25) is 0 Å². The lowest BCUT2D eigenvalue weighted by Gasteiger charge is -2.27. The Labute approximate surface area is 148 Å². The molecule has 1 aromatic carbocycles. The molecule has 2 aliphatic carbocycles. The van der Waals surface area contributed by atoms with Crippen LogP contribution in [0.25, 0.3) is 0 Å². The van der Waals surface area contributed by atoms with Crippen molar-refractivity contribution in [2.24, 2.45) is 17.8 Å². The Morgan fingerprint density at radius 1 is 1.08 bits per heavy atom. The van der Waals surface area contributed by atoms with Crippen LogP contribution in [0.1, 0.15) is 12.0 Å². The smallest absolute Gasteiger partial charge is 0.422 e. The zero-order chi connectivity index (χ0) is 18.7. The van der Waals surface area contributed by atoms with E-state index >= 15 is 0 Å². The fraction of sp³-hybridized carbons (Fsp3) is 0.444. The maximum Gasteiger partial charge on any atom is 0.422 e. The minimum atomic E-state index is -4.58. The van der Waals surface area contributed by atoms with Gasteiger partial charge in [-0.25, -0.2) is 4.79 Å². The van der Waals surface area contributed by atoms with E-state index in [-0.39, 0.29) is 18.4 Å². The van der Waals surface area contributed by atoms with Gasteiger partial charge in [-0.05, 0) is 23.8 Å². The predicted octanol–water partition coefficient (Wildman–Crippen LogP) is 3.21. The van der Waals surface area contributed by atoms with Crippen LogP contribution in [0.5, 0.6) is 0 Å². The van der Waals surface area contributed by atoms with E-state index in [4.69, 9.17) is 4.74 Å². The summed E-state index contributed by atoms with van der Waals surface area (Å²) in [6.07, 6.45) is -1.05. The van der Waals surface area contributed by atoms with E-state index in [0.717, 1.165) is 5.56 Å². The molecule has 0 aliphatic heterocycles. The number of amides is 1. The molecule has 5 nitrogen and oxygen atoms in total. The molecule has 0 aromatic heterocycles. The van der Waals surface area contributed by atoms with Gasteiger partial charge in [-0.15, -0.1) is 0 Å². The summed E-state index contributed by atoms with van der Waals surface area (Å²) in [5.74, 6) is -2.14. The molecule has 0 radical (unpaired) electrons. The van der Waals surface area contributed by atoms with Crippen molar-refractivity contribution in [1.82, 2.24) is 5.32 Å². The molecule has 26 heavy (non-hydrogen) atoms. The van der Waals surface area contributed by atoms with Crippen molar-refractivity contribution in [3.05, 3.63) is 48.0 Å². The van der Waals surface area contributed by atoms with Crippen LogP contribution in [0, 0.1) is 17.8 Å². The Morgan fingerprint density at radius 2 is 1.77 bits per heavy atom. The molecule has 3 rings (SSSR count). The summed E-state index contributed by atoms with van der Waals surface area (Å²) in [4.78, 5) is 24.1. The number of carbonyl (C=O) groups excluding carboxylic acids is 2. The molecule has 8 heteroatoms. The van der Waals surface area contributed by atoms with E-state index in [2.05, 4.69) is 10.1 Å². The third kappa shape index (κ3) is 4.36. The number of hydrogen-bond donors (Lipinski definition) is 1. The highest BCUT2D eigenvalue weighted by Crippen LogP contribution is 2.44. The second-order valence-corrected chi connectivity index (χ2v) is 6.43. The van der Waals surface area contributed by atoms with Crippen molar-refractivity contribution in [3.8, 4) is 0 Å². The molecule has 1 saturated carbocycles. The minimum absolute atomic E-state index is 0.0620. The second-order valence-electron chi connectivity index (χ2n) is 6.43. The molecule has 1 N–H and O–H groups in total. The summed E-state index contributed by atoms with van der Waals surface area (Å²) in [5, 5.41) is 2.61. The van der Waals surface area contributed by atoms with Gasteiger partial charge in [0.05, 0.1) is 12.0 Å². The van der Waals surface area contributed by atoms with E-state index in [1.165, 1.54) is 0 Å². The van der Waals surface area contributed by atoms with Gasteiger partial charge in [-0.3, -0.25) is 4.79 Å². The zero-order valence-corrected chi connectivity index (χ0v) is 13.7. The lowest BCUT2D eigenvalue weighted by molar-refractivity contribution is -0.190. The highest BCUT2D eigenvalue weighted by atomic mass is 19.4. The number of nitrogens with one attached hydrogen (secondary N) is 1.